The van der Waals surface area contributed by atoms with Crippen molar-refractivity contribution in [2.45, 2.75) is 6.61 Å². The number of amides is 1. The van der Waals surface area contributed by atoms with Crippen LogP contribution in [0.1, 0.15) is 16.2 Å². The zero-order valence-electron chi connectivity index (χ0n) is 12.7. The molecule has 1 fully saturated rings. The van der Waals surface area contributed by atoms with Crippen molar-refractivity contribution in [3.63, 3.8) is 0 Å². The van der Waals surface area contributed by atoms with Crippen LogP contribution in [0, 0.1) is 5.82 Å². The van der Waals surface area contributed by atoms with E-state index in [0.717, 1.165) is 5.13 Å². The number of methoxy groups -OCH3 is 1. The minimum Gasteiger partial charge on any atom is -0.377 e. The second-order valence-corrected chi connectivity index (χ2v) is 5.95. The third-order valence-corrected chi connectivity index (χ3v) is 4.45. The molecule has 0 N–H and O–H groups in total. The van der Waals surface area contributed by atoms with Crippen molar-refractivity contribution in [1.29, 1.82) is 0 Å². The van der Waals surface area contributed by atoms with Gasteiger partial charge in [-0.25, -0.2) is 9.37 Å². The average Bonchev–Trinajstić information content (AvgIpc) is 3.03. The molecule has 1 amide bonds. The zero-order valence-corrected chi connectivity index (χ0v) is 13.6. The molecule has 2 heterocycles. The van der Waals surface area contributed by atoms with Crippen LogP contribution in [0.2, 0.25) is 0 Å². The highest BCUT2D eigenvalue weighted by Crippen LogP contribution is 2.20. The maximum absolute atomic E-state index is 13.2. The van der Waals surface area contributed by atoms with Crippen LogP contribution in [0.3, 0.4) is 0 Å². The van der Waals surface area contributed by atoms with E-state index < -0.39 is 5.82 Å². The lowest BCUT2D eigenvalue weighted by molar-refractivity contribution is 0.0746. The Labute approximate surface area is 137 Å². The molecule has 0 unspecified atom stereocenters. The normalized spacial score (nSPS) is 15.0. The topological polar surface area (TPSA) is 58.6 Å². The summed E-state index contributed by atoms with van der Waals surface area (Å²) in [7, 11) is 1.61. The minimum absolute atomic E-state index is 0.138. The maximum atomic E-state index is 13.2. The van der Waals surface area contributed by atoms with Crippen molar-refractivity contribution in [1.82, 2.24) is 14.3 Å². The van der Waals surface area contributed by atoms with Crippen LogP contribution in [0.15, 0.2) is 24.3 Å². The molecule has 8 heteroatoms. The van der Waals surface area contributed by atoms with Gasteiger partial charge in [-0.15, -0.1) is 0 Å². The summed E-state index contributed by atoms with van der Waals surface area (Å²) in [6.07, 6.45) is 0. The van der Waals surface area contributed by atoms with Crippen molar-refractivity contribution < 1.29 is 13.9 Å². The van der Waals surface area contributed by atoms with Gasteiger partial charge in [-0.2, -0.15) is 4.37 Å². The monoisotopic (exact) mass is 336 g/mol. The van der Waals surface area contributed by atoms with E-state index in [2.05, 4.69) is 14.3 Å². The summed E-state index contributed by atoms with van der Waals surface area (Å²) in [4.78, 5) is 20.6. The molecule has 0 bridgehead atoms. The molecule has 0 aliphatic carbocycles. The van der Waals surface area contributed by atoms with E-state index in [9.17, 15) is 9.18 Å². The highest BCUT2D eigenvalue weighted by atomic mass is 32.1. The number of benzene rings is 1. The van der Waals surface area contributed by atoms with Gasteiger partial charge in [-0.1, -0.05) is 6.07 Å². The van der Waals surface area contributed by atoms with Gasteiger partial charge in [0.25, 0.3) is 5.91 Å². The van der Waals surface area contributed by atoms with E-state index in [4.69, 9.17) is 4.74 Å². The van der Waals surface area contributed by atoms with Gasteiger partial charge in [0.05, 0.1) is 0 Å². The number of halogens is 1. The van der Waals surface area contributed by atoms with E-state index in [1.165, 1.54) is 23.7 Å². The number of aromatic nitrogens is 2. The molecule has 1 saturated heterocycles. The summed E-state index contributed by atoms with van der Waals surface area (Å²) >= 11 is 1.34. The summed E-state index contributed by atoms with van der Waals surface area (Å²) < 4.78 is 22.5. The van der Waals surface area contributed by atoms with Crippen molar-refractivity contribution in [2.75, 3.05) is 38.2 Å². The fraction of sp³-hybridized carbons (Fsp3) is 0.400. The SMILES string of the molecule is COCc1nsc(N2CCN(C(=O)c3cccc(F)c3)CC2)n1. The summed E-state index contributed by atoms with van der Waals surface area (Å²) in [5.74, 6) is 0.140. The summed E-state index contributed by atoms with van der Waals surface area (Å²) in [5.41, 5.74) is 0.386. The molecule has 2 aromatic rings. The Morgan fingerprint density at radius 2 is 2.13 bits per heavy atom. The highest BCUT2D eigenvalue weighted by Gasteiger charge is 2.24. The number of hydrogen-bond acceptors (Lipinski definition) is 6. The molecule has 1 aliphatic heterocycles. The molecule has 23 heavy (non-hydrogen) atoms. The molecule has 1 aromatic heterocycles. The fourth-order valence-electron chi connectivity index (χ4n) is 2.47. The Balaban J connectivity index is 1.60. The van der Waals surface area contributed by atoms with Crippen LogP contribution in [0.5, 0.6) is 0 Å². The molecule has 1 aliphatic rings. The van der Waals surface area contributed by atoms with Gasteiger partial charge in [-0.05, 0) is 18.2 Å². The van der Waals surface area contributed by atoms with Crippen LogP contribution in [-0.2, 0) is 11.3 Å². The first-order valence-electron chi connectivity index (χ1n) is 7.28. The van der Waals surface area contributed by atoms with Gasteiger partial charge >= 0.3 is 0 Å². The number of piperazine rings is 1. The molecular formula is C15H17FN4O2S. The molecular weight excluding hydrogens is 319 g/mol. The predicted molar refractivity (Wildman–Crippen MR) is 85.1 cm³/mol. The van der Waals surface area contributed by atoms with E-state index in [-0.39, 0.29) is 5.91 Å². The van der Waals surface area contributed by atoms with E-state index in [0.29, 0.717) is 44.2 Å². The molecule has 1 aromatic carbocycles. The fourth-order valence-corrected chi connectivity index (χ4v) is 3.19. The van der Waals surface area contributed by atoms with Crippen LogP contribution < -0.4 is 4.90 Å². The molecule has 0 radical (unpaired) electrons. The minimum atomic E-state index is -0.394. The van der Waals surface area contributed by atoms with E-state index in [1.807, 2.05) is 0 Å². The van der Waals surface area contributed by atoms with Gasteiger partial charge in [0.1, 0.15) is 12.4 Å². The van der Waals surface area contributed by atoms with Gasteiger partial charge < -0.3 is 14.5 Å². The molecule has 0 spiro atoms. The van der Waals surface area contributed by atoms with Crippen molar-refractivity contribution in [2.24, 2.45) is 0 Å². The summed E-state index contributed by atoms with van der Waals surface area (Å²) in [6.45, 7) is 2.92. The molecule has 3 rings (SSSR count). The van der Waals surface area contributed by atoms with Gasteiger partial charge in [0.2, 0.25) is 5.13 Å². The van der Waals surface area contributed by atoms with E-state index in [1.54, 1.807) is 24.1 Å². The van der Waals surface area contributed by atoms with Crippen molar-refractivity contribution >= 4 is 22.6 Å². The lowest BCUT2D eigenvalue weighted by Gasteiger charge is -2.34. The smallest absolute Gasteiger partial charge is 0.254 e. The number of rotatable bonds is 4. The first kappa shape index (κ1) is 15.8. The number of anilines is 1. The van der Waals surface area contributed by atoms with E-state index >= 15 is 0 Å². The van der Waals surface area contributed by atoms with Gasteiger partial charge in [-0.3, -0.25) is 4.79 Å². The third kappa shape index (κ3) is 3.65. The second-order valence-electron chi connectivity index (χ2n) is 5.22. The van der Waals surface area contributed by atoms with Crippen LogP contribution in [-0.4, -0.2) is 53.5 Å². The molecule has 122 valence electrons. The second kappa shape index (κ2) is 7.01. The van der Waals surface area contributed by atoms with Gasteiger partial charge in [0, 0.05) is 50.4 Å². The summed E-state index contributed by atoms with van der Waals surface area (Å²) in [6, 6.07) is 5.80. The zero-order chi connectivity index (χ0) is 16.2. The standard InChI is InChI=1S/C15H17FN4O2S/c1-22-10-13-17-15(23-18-13)20-7-5-19(6-8-20)14(21)11-3-2-4-12(16)9-11/h2-4,9H,5-8,10H2,1H3. The van der Waals surface area contributed by atoms with Crippen LogP contribution >= 0.6 is 11.5 Å². The van der Waals surface area contributed by atoms with Crippen molar-refractivity contribution in [3.05, 3.63) is 41.5 Å². The first-order chi connectivity index (χ1) is 11.2. The quantitative estimate of drug-likeness (QED) is 0.852. The number of hydrogen-bond donors (Lipinski definition) is 0. The van der Waals surface area contributed by atoms with Gasteiger partial charge in [0.15, 0.2) is 5.82 Å². The lowest BCUT2D eigenvalue weighted by atomic mass is 10.2. The Morgan fingerprint density at radius 1 is 1.35 bits per heavy atom. The Hall–Kier alpha value is -2.06. The third-order valence-electron chi connectivity index (χ3n) is 3.64. The number of carbonyl (C=O) groups is 1. The number of carbonyl (C=O) groups excluding carboxylic acids is 1. The first-order valence-corrected chi connectivity index (χ1v) is 8.06. The average molecular weight is 336 g/mol. The Morgan fingerprint density at radius 3 is 2.83 bits per heavy atom. The Kier molecular flexibility index (Phi) is 4.82. The van der Waals surface area contributed by atoms with Crippen LogP contribution in [0.4, 0.5) is 9.52 Å². The largest absolute Gasteiger partial charge is 0.377 e. The molecule has 0 atom stereocenters. The molecule has 6 nitrogen and oxygen atoms in total. The number of nitrogens with zero attached hydrogens (tertiary/aromatic N) is 4. The highest BCUT2D eigenvalue weighted by molar-refractivity contribution is 7.09. The lowest BCUT2D eigenvalue weighted by Crippen LogP contribution is -2.48. The number of ether oxygens (including phenoxy) is 1. The Bertz CT molecular complexity index is 686. The summed E-state index contributed by atoms with van der Waals surface area (Å²) in [5, 5.41) is 0.843. The van der Waals surface area contributed by atoms with Crippen LogP contribution in [0.25, 0.3) is 0 Å². The van der Waals surface area contributed by atoms with Crippen molar-refractivity contribution in [3.8, 4) is 0 Å². The maximum Gasteiger partial charge on any atom is 0.254 e. The predicted octanol–water partition coefficient (Wildman–Crippen LogP) is 1.79. The molecule has 0 saturated carbocycles.